The van der Waals surface area contributed by atoms with E-state index in [4.69, 9.17) is 18.8 Å². The summed E-state index contributed by atoms with van der Waals surface area (Å²) in [6.45, 7) is 9.41. The van der Waals surface area contributed by atoms with Gasteiger partial charge in [0.1, 0.15) is 11.0 Å². The van der Waals surface area contributed by atoms with Gasteiger partial charge in [-0.25, -0.2) is 9.97 Å². The van der Waals surface area contributed by atoms with Gasteiger partial charge in [-0.1, -0.05) is 185 Å². The summed E-state index contributed by atoms with van der Waals surface area (Å²) in [6.07, 6.45) is 3.97. The molecule has 0 bridgehead atoms. The third-order valence-electron chi connectivity index (χ3n) is 20.8. The number of fused-ring (bicyclic) bond motifs is 11. The second kappa shape index (κ2) is 21.2. The summed E-state index contributed by atoms with van der Waals surface area (Å²) in [4.78, 5) is 14.8. The van der Waals surface area contributed by atoms with Crippen molar-refractivity contribution in [1.82, 2.24) is 9.97 Å². The lowest BCUT2D eigenvalue weighted by molar-refractivity contribution is 0.490. The van der Waals surface area contributed by atoms with Crippen molar-refractivity contribution in [2.45, 2.75) is 69.6 Å². The number of rotatable bonds is 14. The van der Waals surface area contributed by atoms with E-state index in [2.05, 4.69) is 268 Å². The number of benzene rings is 12. The number of para-hydroxylation sites is 4. The van der Waals surface area contributed by atoms with Crippen LogP contribution in [0.15, 0.2) is 288 Å². The van der Waals surface area contributed by atoms with Gasteiger partial charge in [0.15, 0.2) is 11.2 Å². The van der Waals surface area contributed by atoms with Gasteiger partial charge in [-0.15, -0.1) is 0 Å². The van der Waals surface area contributed by atoms with Crippen molar-refractivity contribution in [1.29, 1.82) is 0 Å². The first kappa shape index (κ1) is 54.3. The minimum Gasteiger partial charge on any atom is -0.436 e. The summed E-state index contributed by atoms with van der Waals surface area (Å²) < 4.78 is 12.7. The van der Waals surface area contributed by atoms with Gasteiger partial charge in [0.25, 0.3) is 0 Å². The highest BCUT2D eigenvalue weighted by atomic mass is 16.4. The topological polar surface area (TPSA) is 58.5 Å². The molecule has 14 aromatic rings. The van der Waals surface area contributed by atoms with Crippen molar-refractivity contribution in [3.05, 3.63) is 324 Å². The molecule has 2 aromatic heterocycles. The lowest BCUT2D eigenvalue weighted by Gasteiger charge is -2.36. The molecule has 3 aliphatic rings. The Kier molecular flexibility index (Phi) is 12.6. The molecule has 91 heavy (non-hydrogen) atoms. The first-order valence-electron chi connectivity index (χ1n) is 32.3. The second-order valence-electron chi connectivity index (χ2n) is 24.8. The fraction of sp³-hybridized carbons (Fsp3) is 0.129. The van der Waals surface area contributed by atoms with Crippen LogP contribution in [0.5, 0.6) is 0 Å². The van der Waals surface area contributed by atoms with Crippen LogP contribution in [0.1, 0.15) is 97.9 Å². The Morgan fingerprint density at radius 3 is 0.967 bits per heavy atom. The molecule has 6 heteroatoms. The van der Waals surface area contributed by atoms with Crippen LogP contribution in [0, 0.1) is 0 Å². The third kappa shape index (κ3) is 8.11. The van der Waals surface area contributed by atoms with Crippen LogP contribution in [0.2, 0.25) is 0 Å². The Morgan fingerprint density at radius 1 is 0.286 bits per heavy atom. The molecule has 17 rings (SSSR count). The van der Waals surface area contributed by atoms with E-state index in [-0.39, 0.29) is 10.8 Å². The number of oxazole rings is 2. The van der Waals surface area contributed by atoms with Gasteiger partial charge in [0.2, 0.25) is 11.8 Å². The number of aromatic nitrogens is 2. The minimum atomic E-state index is -0.761. The zero-order valence-corrected chi connectivity index (χ0v) is 51.5. The quantitative estimate of drug-likeness (QED) is 0.108. The van der Waals surface area contributed by atoms with Gasteiger partial charge in [-0.05, 0) is 225 Å². The molecule has 0 amide bonds. The molecule has 0 saturated heterocycles. The summed E-state index contributed by atoms with van der Waals surface area (Å²) in [7, 11) is 0. The zero-order valence-electron chi connectivity index (χ0n) is 51.5. The molecule has 0 saturated carbocycles. The molecule has 0 radical (unpaired) electrons. The van der Waals surface area contributed by atoms with E-state index in [1.54, 1.807) is 0 Å². The molecule has 0 fully saturated rings. The van der Waals surface area contributed by atoms with E-state index in [1.807, 2.05) is 48.5 Å². The molecule has 3 aliphatic carbocycles. The van der Waals surface area contributed by atoms with Gasteiger partial charge < -0.3 is 18.6 Å². The summed E-state index contributed by atoms with van der Waals surface area (Å²) in [5, 5.41) is 0. The van der Waals surface area contributed by atoms with Gasteiger partial charge in [-0.2, -0.15) is 0 Å². The highest BCUT2D eigenvalue weighted by Gasteiger charge is 2.48. The summed E-state index contributed by atoms with van der Waals surface area (Å²) in [5.41, 5.74) is 28.5. The van der Waals surface area contributed by atoms with Crippen LogP contribution in [-0.4, -0.2) is 9.97 Å². The van der Waals surface area contributed by atoms with Crippen molar-refractivity contribution < 1.29 is 8.83 Å². The highest BCUT2D eigenvalue weighted by molar-refractivity contribution is 5.94. The van der Waals surface area contributed by atoms with Crippen molar-refractivity contribution in [2.75, 3.05) is 9.80 Å². The number of nitrogens with zero attached hydrogens (tertiary/aromatic N) is 4. The maximum atomic E-state index is 6.36. The largest absolute Gasteiger partial charge is 0.436 e. The van der Waals surface area contributed by atoms with Gasteiger partial charge >= 0.3 is 0 Å². The molecule has 6 nitrogen and oxygen atoms in total. The number of hydrogen-bond donors (Lipinski definition) is 0. The Bertz CT molecular complexity index is 4740. The lowest BCUT2D eigenvalue weighted by atomic mass is 9.67. The van der Waals surface area contributed by atoms with Crippen LogP contribution in [-0.2, 0) is 16.2 Å². The minimum absolute atomic E-state index is 0.126. The molecule has 12 aromatic carbocycles. The molecule has 0 atom stereocenters. The molecule has 0 spiro atoms. The van der Waals surface area contributed by atoms with E-state index < -0.39 is 5.41 Å². The number of anilines is 6. The van der Waals surface area contributed by atoms with E-state index in [0.29, 0.717) is 11.8 Å². The summed E-state index contributed by atoms with van der Waals surface area (Å²) in [5.74, 6) is 1.20. The van der Waals surface area contributed by atoms with Gasteiger partial charge in [0, 0.05) is 56.1 Å². The van der Waals surface area contributed by atoms with Crippen molar-refractivity contribution in [3.63, 3.8) is 0 Å². The van der Waals surface area contributed by atoms with Crippen LogP contribution < -0.4 is 9.80 Å². The van der Waals surface area contributed by atoms with E-state index in [1.165, 1.54) is 77.9 Å². The van der Waals surface area contributed by atoms with Gasteiger partial charge in [-0.3, -0.25) is 0 Å². The van der Waals surface area contributed by atoms with Crippen LogP contribution in [0.25, 0.3) is 78.5 Å². The van der Waals surface area contributed by atoms with Crippen molar-refractivity contribution in [2.24, 2.45) is 0 Å². The maximum absolute atomic E-state index is 6.36. The van der Waals surface area contributed by atoms with Gasteiger partial charge in [0.05, 0.1) is 5.41 Å². The normalized spacial score (nSPS) is 14.2. The molecule has 2 heterocycles. The molecular weight excluding hydrogens is 1110 g/mol. The molecule has 0 N–H and O–H groups in total. The lowest BCUT2D eigenvalue weighted by Crippen LogP contribution is -2.29. The highest BCUT2D eigenvalue weighted by Crippen LogP contribution is 2.61. The Labute approximate surface area is 531 Å². The monoisotopic (exact) mass is 1170 g/mol. The zero-order chi connectivity index (χ0) is 61.0. The van der Waals surface area contributed by atoms with Crippen molar-refractivity contribution in [3.8, 4) is 56.3 Å². The molecule has 438 valence electrons. The molecule has 0 aliphatic heterocycles. The molecule has 0 unspecified atom stereocenters. The Balaban J connectivity index is 0.870. The average molecular weight is 1180 g/mol. The Hall–Kier alpha value is -10.8. The fourth-order valence-corrected chi connectivity index (χ4v) is 16.3. The average Bonchev–Trinajstić information content (AvgIpc) is 1.58. The first-order valence-corrected chi connectivity index (χ1v) is 32.3. The summed E-state index contributed by atoms with van der Waals surface area (Å²) in [6, 6.07) is 103. The molecular formula is C85H66N4O2. The second-order valence-corrected chi connectivity index (χ2v) is 24.8. The van der Waals surface area contributed by atoms with Crippen LogP contribution in [0.3, 0.4) is 0 Å². The van der Waals surface area contributed by atoms with E-state index in [9.17, 15) is 0 Å². The predicted molar refractivity (Wildman–Crippen MR) is 373 cm³/mol. The van der Waals surface area contributed by atoms with E-state index in [0.717, 1.165) is 93.1 Å². The Morgan fingerprint density at radius 2 is 0.593 bits per heavy atom. The van der Waals surface area contributed by atoms with Crippen LogP contribution in [0.4, 0.5) is 34.1 Å². The smallest absolute Gasteiger partial charge is 0.227 e. The maximum Gasteiger partial charge on any atom is 0.227 e. The van der Waals surface area contributed by atoms with E-state index >= 15 is 0 Å². The van der Waals surface area contributed by atoms with Crippen molar-refractivity contribution >= 4 is 56.3 Å². The fourth-order valence-electron chi connectivity index (χ4n) is 16.3. The first-order chi connectivity index (χ1) is 44.8. The SMILES string of the molecule is CCC1(CC)c2ccccc2-c2ccc(N(c3ccc(-c4nc5ccccc5o4)cc3)c3ccc4c(c3)C(c3ccccc3)(c3ccccc3)c3cc(N(c5ccc(-c6nc7ccccc7o6)cc5)c5ccc6c(c5)C(CC)(CC)c5ccccc5-6)ccc3-4)cc21. The van der Waals surface area contributed by atoms with Crippen LogP contribution >= 0.6 is 0 Å². The predicted octanol–water partition coefficient (Wildman–Crippen LogP) is 22.8. The summed E-state index contributed by atoms with van der Waals surface area (Å²) >= 11 is 0. The third-order valence-corrected chi connectivity index (χ3v) is 20.8. The number of hydrogen-bond acceptors (Lipinski definition) is 6. The standard InChI is InChI=1S/C85H66N4O2/c1-5-83(6-2)71-29-17-15-27-65(71)67-47-43-61(51-73(67)83)88(59-39-35-55(36-40-59)81-86-77-31-19-21-33-79(77)90-81)63-45-49-69-70-50-46-64(54-76(70)85(75(69)53-63,57-23-11-9-12-24-57)58-25-13-10-14-26-58)89(60-41-37-56(38-42-60)82-87-78-32-20-22-34-80(78)91-82)62-44-48-68-66-28-16-18-30-72(66)84(7-3,8-4)74(68)52-62/h9-54H,5-8H2,1-4H3.